The minimum atomic E-state index is 0.490. The van der Waals surface area contributed by atoms with E-state index in [4.69, 9.17) is 10.5 Å². The van der Waals surface area contributed by atoms with Gasteiger partial charge in [-0.2, -0.15) is 0 Å². The van der Waals surface area contributed by atoms with Crippen LogP contribution in [0.3, 0.4) is 0 Å². The van der Waals surface area contributed by atoms with Crippen LogP contribution in [0.1, 0.15) is 12.8 Å². The fraction of sp³-hybridized carbons (Fsp3) is 0.500. The van der Waals surface area contributed by atoms with E-state index >= 15 is 0 Å². The fourth-order valence-corrected chi connectivity index (χ4v) is 1.61. The molecule has 0 saturated carbocycles. The van der Waals surface area contributed by atoms with Gasteiger partial charge in [0.25, 0.3) is 0 Å². The highest BCUT2D eigenvalue weighted by molar-refractivity contribution is 5.35. The second-order valence-corrected chi connectivity index (χ2v) is 3.52. The van der Waals surface area contributed by atoms with E-state index in [2.05, 4.69) is 10.3 Å². The van der Waals surface area contributed by atoms with Crippen LogP contribution in [0, 0.1) is 0 Å². The molecule has 2 heterocycles. The highest BCUT2D eigenvalue weighted by Gasteiger charge is 2.14. The summed E-state index contributed by atoms with van der Waals surface area (Å²) in [6.07, 6.45) is 4.10. The van der Waals surface area contributed by atoms with E-state index in [0.29, 0.717) is 18.5 Å². The SMILES string of the molecule is Nc1cc(OCC2CCCN2)ccn1. The van der Waals surface area contributed by atoms with Gasteiger partial charge >= 0.3 is 0 Å². The van der Waals surface area contributed by atoms with Crippen LogP contribution in [0.25, 0.3) is 0 Å². The lowest BCUT2D eigenvalue weighted by Crippen LogP contribution is -2.28. The molecule has 1 aromatic rings. The maximum atomic E-state index is 5.59. The number of anilines is 1. The van der Waals surface area contributed by atoms with Crippen LogP contribution < -0.4 is 15.8 Å². The number of nitrogens with zero attached hydrogens (tertiary/aromatic N) is 1. The molecule has 1 fully saturated rings. The third-order valence-electron chi connectivity index (χ3n) is 2.37. The molecule has 1 aliphatic heterocycles. The van der Waals surface area contributed by atoms with Crippen molar-refractivity contribution in [2.45, 2.75) is 18.9 Å². The van der Waals surface area contributed by atoms with Crippen molar-refractivity contribution in [1.82, 2.24) is 10.3 Å². The molecule has 1 atom stereocenters. The number of ether oxygens (including phenoxy) is 1. The van der Waals surface area contributed by atoms with Crippen LogP contribution in [0.4, 0.5) is 5.82 Å². The van der Waals surface area contributed by atoms with E-state index in [-0.39, 0.29) is 0 Å². The second kappa shape index (κ2) is 4.28. The Morgan fingerprint density at radius 1 is 1.64 bits per heavy atom. The molecule has 0 radical (unpaired) electrons. The van der Waals surface area contributed by atoms with Gasteiger partial charge in [0.05, 0.1) is 0 Å². The Labute approximate surface area is 83.5 Å². The zero-order valence-corrected chi connectivity index (χ0v) is 8.07. The van der Waals surface area contributed by atoms with E-state index in [1.54, 1.807) is 12.3 Å². The number of nitrogens with two attached hydrogens (primary N) is 1. The van der Waals surface area contributed by atoms with Crippen molar-refractivity contribution in [2.75, 3.05) is 18.9 Å². The summed E-state index contributed by atoms with van der Waals surface area (Å²) >= 11 is 0. The molecule has 3 N–H and O–H groups in total. The van der Waals surface area contributed by atoms with Gasteiger partial charge in [0.1, 0.15) is 18.2 Å². The topological polar surface area (TPSA) is 60.2 Å². The molecule has 1 aromatic heterocycles. The summed E-state index contributed by atoms with van der Waals surface area (Å²) in [6, 6.07) is 4.06. The molecule has 1 unspecified atom stereocenters. The number of nitrogen functional groups attached to an aromatic ring is 1. The molecule has 0 spiro atoms. The normalized spacial score (nSPS) is 21.0. The Balaban J connectivity index is 1.85. The van der Waals surface area contributed by atoms with Gasteiger partial charge in [-0.15, -0.1) is 0 Å². The number of nitrogens with one attached hydrogen (secondary N) is 1. The molecule has 1 aliphatic rings. The van der Waals surface area contributed by atoms with E-state index in [0.717, 1.165) is 12.3 Å². The summed E-state index contributed by atoms with van der Waals surface area (Å²) < 4.78 is 5.59. The molecule has 4 nitrogen and oxygen atoms in total. The number of hydrogen-bond donors (Lipinski definition) is 2. The first-order valence-electron chi connectivity index (χ1n) is 4.92. The van der Waals surface area contributed by atoms with Crippen molar-refractivity contribution in [3.8, 4) is 5.75 Å². The quantitative estimate of drug-likeness (QED) is 0.745. The van der Waals surface area contributed by atoms with Crippen LogP contribution >= 0.6 is 0 Å². The standard InChI is InChI=1S/C10H15N3O/c11-10-6-9(3-5-13-10)14-7-8-2-1-4-12-8/h3,5-6,8,12H,1-2,4,7H2,(H2,11,13). The Kier molecular flexibility index (Phi) is 2.84. The zero-order valence-electron chi connectivity index (χ0n) is 8.07. The van der Waals surface area contributed by atoms with E-state index in [1.165, 1.54) is 12.8 Å². The molecule has 0 aromatic carbocycles. The van der Waals surface area contributed by atoms with Gasteiger partial charge in [-0.05, 0) is 25.5 Å². The summed E-state index contributed by atoms with van der Waals surface area (Å²) in [5, 5.41) is 3.37. The lowest BCUT2D eigenvalue weighted by Gasteiger charge is -2.11. The predicted octanol–water partition coefficient (Wildman–Crippen LogP) is 0.795. The number of aromatic nitrogens is 1. The summed E-state index contributed by atoms with van der Waals surface area (Å²) in [6.45, 7) is 1.82. The maximum absolute atomic E-state index is 5.59. The summed E-state index contributed by atoms with van der Waals surface area (Å²) in [5.41, 5.74) is 5.54. The van der Waals surface area contributed by atoms with Crippen LogP contribution in [0.2, 0.25) is 0 Å². The smallest absolute Gasteiger partial charge is 0.126 e. The minimum absolute atomic E-state index is 0.490. The van der Waals surface area contributed by atoms with Crippen molar-refractivity contribution < 1.29 is 4.74 Å². The molecule has 14 heavy (non-hydrogen) atoms. The Morgan fingerprint density at radius 2 is 2.57 bits per heavy atom. The van der Waals surface area contributed by atoms with Crippen LogP contribution in [0.5, 0.6) is 5.75 Å². The van der Waals surface area contributed by atoms with E-state index in [9.17, 15) is 0 Å². The molecular weight excluding hydrogens is 178 g/mol. The number of pyridine rings is 1. The lowest BCUT2D eigenvalue weighted by atomic mass is 10.2. The third-order valence-corrected chi connectivity index (χ3v) is 2.37. The molecule has 4 heteroatoms. The van der Waals surface area contributed by atoms with Gasteiger partial charge in [-0.1, -0.05) is 0 Å². The average molecular weight is 193 g/mol. The summed E-state index contributed by atoms with van der Waals surface area (Å²) in [5.74, 6) is 1.30. The van der Waals surface area contributed by atoms with Crippen molar-refractivity contribution in [3.05, 3.63) is 18.3 Å². The van der Waals surface area contributed by atoms with Gasteiger partial charge in [0.15, 0.2) is 0 Å². The van der Waals surface area contributed by atoms with Gasteiger partial charge in [0, 0.05) is 18.3 Å². The highest BCUT2D eigenvalue weighted by Crippen LogP contribution is 2.13. The Bertz CT molecular complexity index is 297. The number of rotatable bonds is 3. The van der Waals surface area contributed by atoms with Crippen molar-refractivity contribution in [3.63, 3.8) is 0 Å². The lowest BCUT2D eigenvalue weighted by molar-refractivity contribution is 0.277. The number of hydrogen-bond acceptors (Lipinski definition) is 4. The summed E-state index contributed by atoms with van der Waals surface area (Å²) in [7, 11) is 0. The fourth-order valence-electron chi connectivity index (χ4n) is 1.61. The first-order chi connectivity index (χ1) is 6.84. The van der Waals surface area contributed by atoms with Crippen LogP contribution in [0.15, 0.2) is 18.3 Å². The molecule has 2 rings (SSSR count). The van der Waals surface area contributed by atoms with Crippen molar-refractivity contribution in [1.29, 1.82) is 0 Å². The van der Waals surface area contributed by atoms with Crippen molar-refractivity contribution in [2.24, 2.45) is 0 Å². The third kappa shape index (κ3) is 2.35. The van der Waals surface area contributed by atoms with E-state index < -0.39 is 0 Å². The Morgan fingerprint density at radius 3 is 3.29 bits per heavy atom. The average Bonchev–Trinajstić information content (AvgIpc) is 2.67. The molecule has 0 aliphatic carbocycles. The van der Waals surface area contributed by atoms with Gasteiger partial charge in [-0.3, -0.25) is 0 Å². The summed E-state index contributed by atoms with van der Waals surface area (Å²) in [4.78, 5) is 3.90. The zero-order chi connectivity index (χ0) is 9.80. The van der Waals surface area contributed by atoms with Gasteiger partial charge in [-0.25, -0.2) is 4.98 Å². The largest absolute Gasteiger partial charge is 0.492 e. The van der Waals surface area contributed by atoms with Crippen LogP contribution in [-0.2, 0) is 0 Å². The molecule has 76 valence electrons. The van der Waals surface area contributed by atoms with Crippen LogP contribution in [-0.4, -0.2) is 24.2 Å². The molecule has 0 bridgehead atoms. The molecule has 1 saturated heterocycles. The molecule has 0 amide bonds. The predicted molar refractivity (Wildman–Crippen MR) is 55.2 cm³/mol. The van der Waals surface area contributed by atoms with Crippen molar-refractivity contribution >= 4 is 5.82 Å². The molecular formula is C10H15N3O. The van der Waals surface area contributed by atoms with E-state index in [1.807, 2.05) is 6.07 Å². The van der Waals surface area contributed by atoms with Gasteiger partial charge < -0.3 is 15.8 Å². The Hall–Kier alpha value is -1.29. The van der Waals surface area contributed by atoms with Gasteiger partial charge in [0.2, 0.25) is 0 Å². The first kappa shape index (κ1) is 9.27. The highest BCUT2D eigenvalue weighted by atomic mass is 16.5. The first-order valence-corrected chi connectivity index (χ1v) is 4.92. The minimum Gasteiger partial charge on any atom is -0.492 e. The maximum Gasteiger partial charge on any atom is 0.126 e. The second-order valence-electron chi connectivity index (χ2n) is 3.52. The monoisotopic (exact) mass is 193 g/mol.